The predicted octanol–water partition coefficient (Wildman–Crippen LogP) is 0.690. The molecule has 1 heterocycles. The maximum absolute atomic E-state index is 7.80. The first kappa shape index (κ1) is 4.07. The Morgan fingerprint density at radius 1 is 1.50 bits per heavy atom. The number of nitrogens with one attached hydrogen (secondary N) is 1. The van der Waals surface area contributed by atoms with Crippen molar-refractivity contribution in [2.45, 2.75) is 26.3 Å². The quantitative estimate of drug-likeness (QED) is 0.541. The second-order valence-electron chi connectivity index (χ2n) is 3.49. The van der Waals surface area contributed by atoms with Gasteiger partial charge in [-0.3, -0.25) is 4.90 Å². The molecule has 0 radical (unpaired) electrons. The Morgan fingerprint density at radius 3 is 2.70 bits per heavy atom. The van der Waals surface area contributed by atoms with Crippen LogP contribution in [-0.2, 0) is 0 Å². The van der Waals surface area contributed by atoms with E-state index >= 15 is 0 Å². The minimum Gasteiger partial charge on any atom is -0.314 e. The Morgan fingerprint density at radius 2 is 2.20 bits per heavy atom. The van der Waals surface area contributed by atoms with Crippen LogP contribution in [0, 0.1) is 0 Å². The summed E-state index contributed by atoms with van der Waals surface area (Å²) in [5, 5.41) is 2.57. The summed E-state index contributed by atoms with van der Waals surface area (Å²) in [5.41, 5.74) is -0.362. The highest BCUT2D eigenvalue weighted by Gasteiger charge is 2.21. The molecule has 10 heavy (non-hydrogen) atoms. The zero-order valence-corrected chi connectivity index (χ0v) is 6.86. The van der Waals surface area contributed by atoms with Crippen molar-refractivity contribution in [2.24, 2.45) is 0 Å². The monoisotopic (exact) mass is 146 g/mol. The topological polar surface area (TPSA) is 15.3 Å². The molecule has 0 aromatic carbocycles. The van der Waals surface area contributed by atoms with Gasteiger partial charge in [-0.05, 0) is 20.8 Å². The zero-order chi connectivity index (χ0) is 11.2. The molecule has 1 aliphatic heterocycles. The molecule has 1 N–H and O–H groups in total. The van der Waals surface area contributed by atoms with Crippen molar-refractivity contribution in [2.75, 3.05) is 26.1 Å². The molecule has 0 aromatic heterocycles. The smallest absolute Gasteiger partial charge is 0.0444 e. The molecule has 60 valence electrons. The van der Waals surface area contributed by atoms with Gasteiger partial charge in [-0.25, -0.2) is 0 Å². The summed E-state index contributed by atoms with van der Waals surface area (Å²) in [6, 6.07) is 0. The van der Waals surface area contributed by atoms with Gasteiger partial charge in [-0.15, -0.1) is 0 Å². The number of nitrogens with zero attached hydrogens (tertiary/aromatic N) is 1. The third-order valence-electron chi connectivity index (χ3n) is 1.55. The minimum absolute atomic E-state index is 0.362. The van der Waals surface area contributed by atoms with Gasteiger partial charge in [0.25, 0.3) is 0 Å². The lowest BCUT2D eigenvalue weighted by molar-refractivity contribution is 0.119. The summed E-state index contributed by atoms with van der Waals surface area (Å²) in [4.78, 5) is 1.57. The Kier molecular flexibility index (Phi) is 1.18. The van der Waals surface area contributed by atoms with E-state index in [0.717, 1.165) is 0 Å². The Balaban J connectivity index is 2.98. The van der Waals surface area contributed by atoms with Gasteiger partial charge < -0.3 is 5.32 Å². The molecule has 0 unspecified atom stereocenters. The van der Waals surface area contributed by atoms with Crippen LogP contribution in [0.1, 0.15) is 26.3 Å². The van der Waals surface area contributed by atoms with E-state index in [4.69, 9.17) is 5.48 Å². The molecule has 1 fully saturated rings. The van der Waals surface area contributed by atoms with E-state index in [1.54, 1.807) is 4.90 Å². The summed E-state index contributed by atoms with van der Waals surface area (Å²) in [6.45, 7) is 2.73. The van der Waals surface area contributed by atoms with Crippen LogP contribution in [0.15, 0.2) is 0 Å². The van der Waals surface area contributed by atoms with Crippen molar-refractivity contribution < 1.29 is 5.48 Å². The minimum atomic E-state index is -1.99. The van der Waals surface area contributed by atoms with Gasteiger partial charge in [0, 0.05) is 37.1 Å². The maximum atomic E-state index is 7.80. The first-order chi connectivity index (χ1) is 6.09. The lowest BCUT2D eigenvalue weighted by atomic mass is 10.1. The standard InChI is InChI=1S/C8H18N2/c1-8(2,3)10-6-4-9-5-7-10/h9H,4-7H2,1-3H3/i4D2,6D2. The van der Waals surface area contributed by atoms with E-state index in [-0.39, 0.29) is 5.54 Å². The van der Waals surface area contributed by atoms with Crippen LogP contribution in [0.25, 0.3) is 0 Å². The van der Waals surface area contributed by atoms with Gasteiger partial charge in [0.2, 0.25) is 0 Å². The Labute approximate surface area is 69.2 Å². The summed E-state index contributed by atoms with van der Waals surface area (Å²) < 4.78 is 30.8. The van der Waals surface area contributed by atoms with E-state index in [1.165, 1.54) is 0 Å². The lowest BCUT2D eigenvalue weighted by Crippen LogP contribution is -2.51. The molecule has 0 spiro atoms. The molecule has 0 aliphatic carbocycles. The molecule has 0 saturated carbocycles. The van der Waals surface area contributed by atoms with Crippen LogP contribution in [0.4, 0.5) is 0 Å². The molecule has 0 amide bonds. The SMILES string of the molecule is [2H]C1([2H])NCCN(C(C)(C)C)C1([2H])[2H]. The fourth-order valence-corrected chi connectivity index (χ4v) is 0.896. The van der Waals surface area contributed by atoms with Crippen LogP contribution in [0.5, 0.6) is 0 Å². The van der Waals surface area contributed by atoms with Crippen molar-refractivity contribution in [1.29, 1.82) is 0 Å². The summed E-state index contributed by atoms with van der Waals surface area (Å²) in [6.07, 6.45) is 0. The molecule has 1 saturated heterocycles. The largest absolute Gasteiger partial charge is 0.314 e. The predicted molar refractivity (Wildman–Crippen MR) is 44.2 cm³/mol. The highest BCUT2D eigenvalue weighted by atomic mass is 15.2. The molecule has 2 nitrogen and oxygen atoms in total. The third kappa shape index (κ3) is 1.96. The first-order valence-electron chi connectivity index (χ1n) is 5.62. The van der Waals surface area contributed by atoms with Gasteiger partial charge in [0.15, 0.2) is 0 Å². The van der Waals surface area contributed by atoms with Crippen LogP contribution in [-0.4, -0.2) is 36.5 Å². The average Bonchev–Trinajstić information content (AvgIpc) is 1.92. The van der Waals surface area contributed by atoms with Crippen molar-refractivity contribution in [1.82, 2.24) is 10.2 Å². The van der Waals surface area contributed by atoms with Crippen molar-refractivity contribution in [3.8, 4) is 0 Å². The molecule has 0 aromatic rings. The van der Waals surface area contributed by atoms with Gasteiger partial charge in [0.05, 0.1) is 0 Å². The van der Waals surface area contributed by atoms with Crippen LogP contribution < -0.4 is 5.32 Å². The third-order valence-corrected chi connectivity index (χ3v) is 1.55. The number of rotatable bonds is 0. The summed E-state index contributed by atoms with van der Waals surface area (Å²) in [7, 11) is 0. The van der Waals surface area contributed by atoms with Gasteiger partial charge in [-0.1, -0.05) is 0 Å². The normalized spacial score (nSPS) is 39.1. The first-order valence-corrected chi connectivity index (χ1v) is 3.62. The van der Waals surface area contributed by atoms with Gasteiger partial charge in [-0.2, -0.15) is 0 Å². The second-order valence-corrected chi connectivity index (χ2v) is 3.49. The highest BCUT2D eigenvalue weighted by Crippen LogP contribution is 2.12. The van der Waals surface area contributed by atoms with Crippen LogP contribution in [0.2, 0.25) is 0 Å². The zero-order valence-electron chi connectivity index (χ0n) is 10.9. The molecule has 0 atom stereocenters. The Hall–Kier alpha value is -0.0800. The van der Waals surface area contributed by atoms with E-state index < -0.39 is 13.0 Å². The van der Waals surface area contributed by atoms with Crippen LogP contribution in [0.3, 0.4) is 0 Å². The molecule has 0 bridgehead atoms. The number of piperazine rings is 1. The summed E-state index contributed by atoms with van der Waals surface area (Å²) >= 11 is 0. The van der Waals surface area contributed by atoms with E-state index in [9.17, 15) is 0 Å². The van der Waals surface area contributed by atoms with Crippen LogP contribution >= 0.6 is 0 Å². The molecule has 1 aliphatic rings. The summed E-state index contributed by atoms with van der Waals surface area (Å²) in [5.74, 6) is 0. The molecular weight excluding hydrogens is 124 g/mol. The van der Waals surface area contributed by atoms with E-state index in [0.29, 0.717) is 13.1 Å². The highest BCUT2D eigenvalue weighted by molar-refractivity contribution is 4.79. The average molecular weight is 146 g/mol. The van der Waals surface area contributed by atoms with Crippen molar-refractivity contribution in [3.63, 3.8) is 0 Å². The van der Waals surface area contributed by atoms with Crippen molar-refractivity contribution >= 4 is 0 Å². The lowest BCUT2D eigenvalue weighted by Gasteiger charge is -2.38. The fourth-order valence-electron chi connectivity index (χ4n) is 0.896. The van der Waals surface area contributed by atoms with Gasteiger partial charge in [0.1, 0.15) is 0 Å². The maximum Gasteiger partial charge on any atom is 0.0444 e. The fraction of sp³-hybridized carbons (Fsp3) is 1.00. The molecule has 2 heteroatoms. The van der Waals surface area contributed by atoms with E-state index in [1.807, 2.05) is 20.8 Å². The number of hydrogen-bond donors (Lipinski definition) is 1. The van der Waals surface area contributed by atoms with E-state index in [2.05, 4.69) is 5.32 Å². The second kappa shape index (κ2) is 2.89. The molecule has 1 rings (SSSR count). The van der Waals surface area contributed by atoms with Gasteiger partial charge >= 0.3 is 0 Å². The number of hydrogen-bond acceptors (Lipinski definition) is 2. The molecular formula is C8H18N2. The van der Waals surface area contributed by atoms with Crippen molar-refractivity contribution in [3.05, 3.63) is 0 Å². The Bertz CT molecular complexity index is 222.